The number of hydrogen-bond acceptors (Lipinski definition) is 4. The van der Waals surface area contributed by atoms with E-state index in [4.69, 9.17) is 9.47 Å². The third-order valence-electron chi connectivity index (χ3n) is 2.95. The minimum atomic E-state index is -0.399. The lowest BCUT2D eigenvalue weighted by molar-refractivity contribution is -0.143. The fourth-order valence-corrected chi connectivity index (χ4v) is 2.07. The first-order valence-corrected chi connectivity index (χ1v) is 8.21. The largest absolute Gasteiger partial charge is 0.462 e. The quantitative estimate of drug-likeness (QED) is 0.496. The van der Waals surface area contributed by atoms with Crippen molar-refractivity contribution in [2.24, 2.45) is 11.3 Å². The van der Waals surface area contributed by atoms with Gasteiger partial charge >= 0.3 is 11.9 Å². The molecule has 0 saturated carbocycles. The van der Waals surface area contributed by atoms with E-state index >= 15 is 0 Å². The highest BCUT2D eigenvalue weighted by atomic mass is 16.5. The molecule has 0 heterocycles. The first-order chi connectivity index (χ1) is 10.1. The van der Waals surface area contributed by atoms with Crippen LogP contribution in [0.1, 0.15) is 67.7 Å². The predicted molar refractivity (Wildman–Crippen MR) is 88.4 cm³/mol. The number of ether oxygens (including phenoxy) is 2. The van der Waals surface area contributed by atoms with Crippen molar-refractivity contribution in [1.29, 1.82) is 0 Å². The van der Waals surface area contributed by atoms with Gasteiger partial charge in [0.25, 0.3) is 0 Å². The van der Waals surface area contributed by atoms with Gasteiger partial charge in [0.1, 0.15) is 0 Å². The maximum Gasteiger partial charge on any atom is 0.334 e. The Bertz CT molecular complexity index is 400. The van der Waals surface area contributed by atoms with Crippen molar-refractivity contribution < 1.29 is 19.1 Å². The van der Waals surface area contributed by atoms with Crippen molar-refractivity contribution in [3.8, 4) is 0 Å². The summed E-state index contributed by atoms with van der Waals surface area (Å²) in [4.78, 5) is 24.8. The van der Waals surface area contributed by atoms with Crippen molar-refractivity contribution >= 4 is 11.9 Å². The standard InChI is InChI=1S/C18H32O4/c1-8-10-21-16(19)14(12-18(5,6)7)15(13(3)4)17(20)22-11-9-2/h13H,8-12H2,1-7H3. The maximum atomic E-state index is 12.4. The van der Waals surface area contributed by atoms with Crippen LogP contribution in [0.5, 0.6) is 0 Å². The Hall–Kier alpha value is -1.32. The minimum absolute atomic E-state index is 0.0871. The summed E-state index contributed by atoms with van der Waals surface area (Å²) >= 11 is 0. The van der Waals surface area contributed by atoms with Gasteiger partial charge in [-0.05, 0) is 30.6 Å². The number of rotatable bonds is 8. The molecule has 0 aliphatic rings. The molecule has 0 bridgehead atoms. The van der Waals surface area contributed by atoms with E-state index in [1.165, 1.54) is 0 Å². The van der Waals surface area contributed by atoms with Crippen LogP contribution in [0, 0.1) is 11.3 Å². The van der Waals surface area contributed by atoms with Crippen LogP contribution in [0.4, 0.5) is 0 Å². The molecule has 0 spiro atoms. The summed E-state index contributed by atoms with van der Waals surface area (Å²) in [5.74, 6) is -0.880. The smallest absolute Gasteiger partial charge is 0.334 e. The Kier molecular flexibility index (Phi) is 9.07. The van der Waals surface area contributed by atoms with Gasteiger partial charge < -0.3 is 9.47 Å². The molecule has 0 aromatic rings. The van der Waals surface area contributed by atoms with Gasteiger partial charge in [-0.3, -0.25) is 0 Å². The summed E-state index contributed by atoms with van der Waals surface area (Å²) < 4.78 is 10.5. The molecular weight excluding hydrogens is 280 g/mol. The molecule has 128 valence electrons. The lowest BCUT2D eigenvalue weighted by Gasteiger charge is -2.23. The van der Waals surface area contributed by atoms with Crippen LogP contribution >= 0.6 is 0 Å². The molecule has 0 aliphatic heterocycles. The van der Waals surface area contributed by atoms with Crippen molar-refractivity contribution in [2.75, 3.05) is 13.2 Å². The van der Waals surface area contributed by atoms with Gasteiger partial charge in [0.15, 0.2) is 0 Å². The molecule has 0 fully saturated rings. The lowest BCUT2D eigenvalue weighted by atomic mass is 9.83. The monoisotopic (exact) mass is 312 g/mol. The average molecular weight is 312 g/mol. The van der Waals surface area contributed by atoms with Crippen molar-refractivity contribution in [3.05, 3.63) is 11.1 Å². The zero-order valence-electron chi connectivity index (χ0n) is 15.2. The van der Waals surface area contributed by atoms with Crippen molar-refractivity contribution in [2.45, 2.75) is 67.7 Å². The average Bonchev–Trinajstić information content (AvgIpc) is 2.39. The second-order valence-electron chi connectivity index (χ2n) is 7.06. The van der Waals surface area contributed by atoms with Crippen LogP contribution in [-0.4, -0.2) is 25.2 Å². The Morgan fingerprint density at radius 1 is 0.909 bits per heavy atom. The van der Waals surface area contributed by atoms with E-state index in [1.54, 1.807) is 0 Å². The second kappa shape index (κ2) is 9.65. The predicted octanol–water partition coefficient (Wildman–Crippen LogP) is 4.28. The summed E-state index contributed by atoms with van der Waals surface area (Å²) in [7, 11) is 0. The number of carbonyl (C=O) groups is 2. The topological polar surface area (TPSA) is 52.6 Å². The molecule has 4 nitrogen and oxygen atoms in total. The molecule has 0 aromatic heterocycles. The van der Waals surface area contributed by atoms with Gasteiger partial charge in [0.05, 0.1) is 18.8 Å². The molecule has 0 aliphatic carbocycles. The molecule has 0 rings (SSSR count). The minimum Gasteiger partial charge on any atom is -0.462 e. The highest BCUT2D eigenvalue weighted by molar-refractivity contribution is 6.00. The molecule has 4 heteroatoms. The van der Waals surface area contributed by atoms with E-state index in [2.05, 4.69) is 0 Å². The highest BCUT2D eigenvalue weighted by Gasteiger charge is 2.29. The van der Waals surface area contributed by atoms with E-state index < -0.39 is 11.9 Å². The lowest BCUT2D eigenvalue weighted by Crippen LogP contribution is -2.23. The first kappa shape index (κ1) is 20.7. The zero-order valence-corrected chi connectivity index (χ0v) is 15.2. The summed E-state index contributed by atoms with van der Waals surface area (Å²) in [6.07, 6.45) is 2.00. The normalized spacial score (nSPS) is 12.9. The second-order valence-corrected chi connectivity index (χ2v) is 7.06. The maximum absolute atomic E-state index is 12.4. The molecule has 0 aromatic carbocycles. The molecule has 0 N–H and O–H groups in total. The Morgan fingerprint density at radius 2 is 1.36 bits per heavy atom. The van der Waals surface area contributed by atoms with E-state index in [-0.39, 0.29) is 11.3 Å². The van der Waals surface area contributed by atoms with Crippen LogP contribution in [0.2, 0.25) is 0 Å². The van der Waals surface area contributed by atoms with Crippen LogP contribution in [0.15, 0.2) is 11.1 Å². The Balaban J connectivity index is 5.66. The van der Waals surface area contributed by atoms with E-state index in [9.17, 15) is 9.59 Å². The number of carbonyl (C=O) groups excluding carboxylic acids is 2. The van der Waals surface area contributed by atoms with E-state index in [1.807, 2.05) is 48.5 Å². The van der Waals surface area contributed by atoms with Gasteiger partial charge in [0.2, 0.25) is 0 Å². The fourth-order valence-electron chi connectivity index (χ4n) is 2.07. The third kappa shape index (κ3) is 7.62. The van der Waals surface area contributed by atoms with Crippen LogP contribution in [-0.2, 0) is 19.1 Å². The fraction of sp³-hybridized carbons (Fsp3) is 0.778. The summed E-state index contributed by atoms with van der Waals surface area (Å²) in [6.45, 7) is 14.5. The molecule has 0 radical (unpaired) electrons. The van der Waals surface area contributed by atoms with E-state index in [0.717, 1.165) is 12.8 Å². The summed E-state index contributed by atoms with van der Waals surface area (Å²) in [5.41, 5.74) is 0.785. The first-order valence-electron chi connectivity index (χ1n) is 8.21. The molecule has 0 saturated heterocycles. The van der Waals surface area contributed by atoms with Gasteiger partial charge in [0, 0.05) is 5.57 Å². The van der Waals surface area contributed by atoms with Crippen molar-refractivity contribution in [3.63, 3.8) is 0 Å². The summed E-state index contributed by atoms with van der Waals surface area (Å²) in [6, 6.07) is 0. The third-order valence-corrected chi connectivity index (χ3v) is 2.95. The highest BCUT2D eigenvalue weighted by Crippen LogP contribution is 2.30. The van der Waals surface area contributed by atoms with E-state index in [0.29, 0.717) is 30.8 Å². The SMILES string of the molecule is CCCOC(=O)C(CC(C)(C)C)=C(C(=O)OCCC)C(C)C. The van der Waals surface area contributed by atoms with Gasteiger partial charge in [-0.1, -0.05) is 48.5 Å². The van der Waals surface area contributed by atoms with Gasteiger partial charge in [-0.25, -0.2) is 9.59 Å². The molecule has 22 heavy (non-hydrogen) atoms. The molecule has 0 amide bonds. The summed E-state index contributed by atoms with van der Waals surface area (Å²) in [5, 5.41) is 0. The van der Waals surface area contributed by atoms with Gasteiger partial charge in [-0.15, -0.1) is 0 Å². The van der Waals surface area contributed by atoms with Crippen LogP contribution < -0.4 is 0 Å². The molecule has 0 atom stereocenters. The van der Waals surface area contributed by atoms with Crippen molar-refractivity contribution in [1.82, 2.24) is 0 Å². The number of hydrogen-bond donors (Lipinski definition) is 0. The zero-order chi connectivity index (χ0) is 17.3. The van der Waals surface area contributed by atoms with Crippen LogP contribution in [0.3, 0.4) is 0 Å². The molecule has 0 unspecified atom stereocenters. The molecular formula is C18H32O4. The Labute approximate surface area is 135 Å². The number of esters is 2. The van der Waals surface area contributed by atoms with Crippen LogP contribution in [0.25, 0.3) is 0 Å². The Morgan fingerprint density at radius 3 is 1.73 bits per heavy atom. The van der Waals surface area contributed by atoms with Gasteiger partial charge in [-0.2, -0.15) is 0 Å².